The first-order valence-electron chi connectivity index (χ1n) is 19.4. The van der Waals surface area contributed by atoms with Crippen LogP contribution in [0.15, 0.2) is 197 Å². The van der Waals surface area contributed by atoms with E-state index in [2.05, 4.69) is 133 Å². The molecule has 0 aliphatic heterocycles. The van der Waals surface area contributed by atoms with Gasteiger partial charge < -0.3 is 8.83 Å². The lowest BCUT2D eigenvalue weighted by atomic mass is 9.97. The topological polar surface area (TPSA) is 65.0 Å². The number of hydrogen-bond donors (Lipinski definition) is 0. The molecule has 0 aliphatic rings. The summed E-state index contributed by atoms with van der Waals surface area (Å²) in [6, 6.07) is 64.9. The summed E-state index contributed by atoms with van der Waals surface area (Å²) in [5.41, 5.74) is 13.1. The second kappa shape index (κ2) is 12.8. The predicted molar refractivity (Wildman–Crippen MR) is 237 cm³/mol. The van der Waals surface area contributed by atoms with E-state index < -0.39 is 0 Å². The Balaban J connectivity index is 0.987. The minimum Gasteiger partial charge on any atom is -0.456 e. The molecule has 0 radical (unpaired) electrons. The van der Waals surface area contributed by atoms with Crippen molar-refractivity contribution < 1.29 is 8.83 Å². The second-order valence-corrected chi connectivity index (χ2v) is 14.7. The van der Waals surface area contributed by atoms with Crippen molar-refractivity contribution >= 4 is 65.6 Å². The second-order valence-electron chi connectivity index (χ2n) is 14.7. The zero-order valence-electron chi connectivity index (χ0n) is 31.1. The van der Waals surface area contributed by atoms with Gasteiger partial charge in [-0.05, 0) is 65.7 Å². The van der Waals surface area contributed by atoms with Crippen molar-refractivity contribution in [1.82, 2.24) is 15.0 Å². The number of rotatable bonds is 5. The molecule has 0 spiro atoms. The molecular weight excluding hydrogens is 711 g/mol. The van der Waals surface area contributed by atoms with Gasteiger partial charge in [-0.1, -0.05) is 133 Å². The quantitative estimate of drug-likeness (QED) is 0.164. The first-order valence-corrected chi connectivity index (χ1v) is 19.4. The molecule has 0 aliphatic carbocycles. The minimum absolute atomic E-state index is 0.637. The van der Waals surface area contributed by atoms with Gasteiger partial charge >= 0.3 is 0 Å². The fourth-order valence-corrected chi connectivity index (χ4v) is 8.47. The van der Waals surface area contributed by atoms with E-state index in [0.29, 0.717) is 5.82 Å². The molecule has 5 nitrogen and oxygen atoms in total. The van der Waals surface area contributed by atoms with Crippen LogP contribution in [-0.2, 0) is 0 Å². The molecule has 4 aromatic heterocycles. The molecule has 0 amide bonds. The van der Waals surface area contributed by atoms with E-state index in [9.17, 15) is 0 Å². The van der Waals surface area contributed by atoms with Crippen molar-refractivity contribution in [3.05, 3.63) is 188 Å². The lowest BCUT2D eigenvalue weighted by Crippen LogP contribution is -1.96. The average Bonchev–Trinajstić information content (AvgIpc) is 3.87. The van der Waals surface area contributed by atoms with E-state index in [1.165, 1.54) is 0 Å². The Kier molecular flexibility index (Phi) is 7.16. The van der Waals surface area contributed by atoms with Crippen LogP contribution in [0, 0.1) is 0 Å². The first kappa shape index (κ1) is 32.4. The Hall–Kier alpha value is -7.89. The van der Waals surface area contributed by atoms with Crippen LogP contribution in [0.5, 0.6) is 0 Å². The average molecular weight is 742 g/mol. The van der Waals surface area contributed by atoms with Gasteiger partial charge in [-0.25, -0.2) is 15.0 Å². The van der Waals surface area contributed by atoms with Gasteiger partial charge in [0.25, 0.3) is 0 Å². The molecule has 12 rings (SSSR count). The normalized spacial score (nSPS) is 11.8. The van der Waals surface area contributed by atoms with Gasteiger partial charge in [0, 0.05) is 60.0 Å². The number of benzene rings is 8. The molecule has 0 bridgehead atoms. The summed E-state index contributed by atoms with van der Waals surface area (Å²) in [4.78, 5) is 15.4. The fraction of sp³-hybridized carbons (Fsp3) is 0. The van der Waals surface area contributed by atoms with Crippen LogP contribution in [0.1, 0.15) is 0 Å². The third-order valence-electron chi connectivity index (χ3n) is 11.3. The summed E-state index contributed by atoms with van der Waals surface area (Å²) in [7, 11) is 0. The smallest absolute Gasteiger partial charge is 0.160 e. The predicted octanol–water partition coefficient (Wildman–Crippen LogP) is 14.3. The number of pyridine rings is 1. The molecule has 8 aromatic carbocycles. The Morgan fingerprint density at radius 3 is 1.72 bits per heavy atom. The fourth-order valence-electron chi connectivity index (χ4n) is 8.47. The van der Waals surface area contributed by atoms with Crippen LogP contribution in [0.2, 0.25) is 0 Å². The highest BCUT2D eigenvalue weighted by molar-refractivity contribution is 6.24. The van der Waals surface area contributed by atoms with Crippen molar-refractivity contribution in [3.63, 3.8) is 0 Å². The molecule has 270 valence electrons. The van der Waals surface area contributed by atoms with Crippen LogP contribution in [0.25, 0.3) is 122 Å². The summed E-state index contributed by atoms with van der Waals surface area (Å²) >= 11 is 0. The Morgan fingerprint density at radius 1 is 0.310 bits per heavy atom. The lowest BCUT2D eigenvalue weighted by molar-refractivity contribution is 0.669. The van der Waals surface area contributed by atoms with Gasteiger partial charge in [0.2, 0.25) is 0 Å². The van der Waals surface area contributed by atoms with Crippen LogP contribution in [-0.4, -0.2) is 15.0 Å². The van der Waals surface area contributed by atoms with E-state index in [4.69, 9.17) is 23.8 Å². The molecule has 0 atom stereocenters. The van der Waals surface area contributed by atoms with E-state index in [1.54, 1.807) is 0 Å². The van der Waals surface area contributed by atoms with E-state index >= 15 is 0 Å². The van der Waals surface area contributed by atoms with Crippen molar-refractivity contribution in [2.45, 2.75) is 0 Å². The van der Waals surface area contributed by atoms with Gasteiger partial charge in [-0.3, -0.25) is 0 Å². The van der Waals surface area contributed by atoms with Gasteiger partial charge in [-0.2, -0.15) is 0 Å². The number of nitrogens with zero attached hydrogens (tertiary/aromatic N) is 3. The zero-order chi connectivity index (χ0) is 38.2. The van der Waals surface area contributed by atoms with E-state index in [0.717, 1.165) is 116 Å². The number of aromatic nitrogens is 3. The summed E-state index contributed by atoms with van der Waals surface area (Å²) in [5.74, 6) is 0.637. The Morgan fingerprint density at radius 2 is 0.879 bits per heavy atom. The minimum atomic E-state index is 0.637. The molecule has 0 unspecified atom stereocenters. The molecule has 0 N–H and O–H groups in total. The van der Waals surface area contributed by atoms with Gasteiger partial charge in [0.15, 0.2) is 5.82 Å². The van der Waals surface area contributed by atoms with Crippen molar-refractivity contribution in [2.75, 3.05) is 0 Å². The summed E-state index contributed by atoms with van der Waals surface area (Å²) in [5, 5.41) is 7.55. The van der Waals surface area contributed by atoms with Crippen LogP contribution >= 0.6 is 0 Å². The third-order valence-corrected chi connectivity index (χ3v) is 11.3. The van der Waals surface area contributed by atoms with E-state index in [-0.39, 0.29) is 0 Å². The third kappa shape index (κ3) is 5.21. The largest absolute Gasteiger partial charge is 0.456 e. The lowest BCUT2D eigenvalue weighted by Gasteiger charge is -2.11. The molecular formula is C53H31N3O2. The number of hydrogen-bond acceptors (Lipinski definition) is 5. The number of furan rings is 2. The standard InChI is InChI=1S/C53H31N3O2/c1-3-12-32(13-4-1)45-31-46(56-53(55-45)37-23-25-39-38-18-8-10-21-47(38)57-48(39)30-37)36-17-11-16-34(28-36)35-22-24-40-41-26-27-43-50(52(41)58-49(40)29-35)42-19-7-9-20-44(42)54-51(43)33-14-5-2-6-15-33/h1-31H. The van der Waals surface area contributed by atoms with Gasteiger partial charge in [0.1, 0.15) is 22.3 Å². The maximum Gasteiger partial charge on any atom is 0.160 e. The van der Waals surface area contributed by atoms with Gasteiger partial charge in [-0.15, -0.1) is 0 Å². The molecule has 0 saturated carbocycles. The number of para-hydroxylation sites is 2. The SMILES string of the molecule is c1ccc(-c2cc(-c3cccc(-c4ccc5c(c4)oc4c5ccc5c(-c6ccccc6)nc6ccccc6c54)c3)nc(-c3ccc4c(c3)oc3ccccc34)n2)cc1. The monoisotopic (exact) mass is 741 g/mol. The van der Waals surface area contributed by atoms with Gasteiger partial charge in [0.05, 0.1) is 22.6 Å². The molecule has 0 fully saturated rings. The summed E-state index contributed by atoms with van der Waals surface area (Å²) in [6.07, 6.45) is 0. The van der Waals surface area contributed by atoms with Crippen molar-refractivity contribution in [3.8, 4) is 56.3 Å². The summed E-state index contributed by atoms with van der Waals surface area (Å²) in [6.45, 7) is 0. The highest BCUT2D eigenvalue weighted by Gasteiger charge is 2.19. The molecule has 12 aromatic rings. The van der Waals surface area contributed by atoms with Crippen molar-refractivity contribution in [1.29, 1.82) is 0 Å². The molecule has 0 saturated heterocycles. The first-order chi connectivity index (χ1) is 28.7. The summed E-state index contributed by atoms with van der Waals surface area (Å²) < 4.78 is 13.1. The molecule has 5 heteroatoms. The Labute approximate surface area is 332 Å². The van der Waals surface area contributed by atoms with Crippen LogP contribution < -0.4 is 0 Å². The molecule has 58 heavy (non-hydrogen) atoms. The maximum absolute atomic E-state index is 6.86. The van der Waals surface area contributed by atoms with Crippen molar-refractivity contribution in [2.24, 2.45) is 0 Å². The molecule has 4 heterocycles. The number of fused-ring (bicyclic) bond motifs is 10. The Bertz CT molecular complexity index is 3570. The van der Waals surface area contributed by atoms with E-state index in [1.807, 2.05) is 54.6 Å². The highest BCUT2D eigenvalue weighted by Crippen LogP contribution is 2.42. The van der Waals surface area contributed by atoms with Crippen LogP contribution in [0.3, 0.4) is 0 Å². The van der Waals surface area contributed by atoms with Crippen LogP contribution in [0.4, 0.5) is 0 Å². The zero-order valence-corrected chi connectivity index (χ0v) is 31.1. The highest BCUT2D eigenvalue weighted by atomic mass is 16.3. The maximum atomic E-state index is 6.86.